The van der Waals surface area contributed by atoms with Crippen molar-refractivity contribution in [1.82, 2.24) is 4.57 Å². The largest absolute Gasteiger partial charge is 0.481 e. The normalized spacial score (nSPS) is 26.7. The molecular weight excluding hydrogens is 523 g/mol. The van der Waals surface area contributed by atoms with Gasteiger partial charge in [0.2, 0.25) is 0 Å². The van der Waals surface area contributed by atoms with Crippen LogP contribution in [-0.2, 0) is 11.3 Å². The maximum Gasteiger partial charge on any atom is 0.305 e. The highest BCUT2D eigenvalue weighted by Crippen LogP contribution is 2.42. The van der Waals surface area contributed by atoms with Crippen LogP contribution in [0.3, 0.4) is 0 Å². The SMILES string of the molecule is [2H]c1c([2H])c([2H])c(-c2c(C(=O)N([2H])c3c([2H])c([2H])c([2H])c([2H])c3[2H])c(C([2H])(C([2H])([2H])[2H])C([2H])([2H])[2H])n(C([2H])([2H])C([2H])([2H])[C@]([2H])(O)C([2H])([2H])[C@]([2H])(O)CC(=O)O)c2-c2c([2H])c([2H])c(F)c([2H])c2[2H])c([2H])c1[2H]. The summed E-state index contributed by atoms with van der Waals surface area (Å²) in [6, 6.07) is -21.9. The minimum absolute atomic E-state index is 0.791. The molecule has 1 aromatic heterocycles. The average Bonchev–Trinajstić information content (AvgIpc) is 3.58. The van der Waals surface area contributed by atoms with Crippen molar-refractivity contribution in [2.45, 2.75) is 57.4 Å². The summed E-state index contributed by atoms with van der Waals surface area (Å²) in [5.41, 5.74) is -13.9. The third kappa shape index (κ3) is 7.28. The standard InChI is InChI=1S/C33H35FN2O5/c1-21(2)31-30(33(41)35-25-11-7-4-8-12-25)29(22-9-5-3-6-10-22)32(23-13-15-24(34)16-14-23)36(31)18-17-26(37)19-27(38)20-28(39)40/h3-16,21,26-27,37-38H,17-20H2,1-2H3,(H,35,41)(H,39,40)/t26-,27-/m0/s1/i1D3,2D3,3D,4D,5D,6D,7D,8D,9D,10D,11D,12D,13D,14D,15D,16D,17D2,18D2,19D2,21D,26D,27D/hD. The number of nitrogens with zero attached hydrogens (tertiary/aromatic N) is 1. The van der Waals surface area contributed by atoms with Crippen molar-refractivity contribution in [2.24, 2.45) is 0 Å². The van der Waals surface area contributed by atoms with Crippen molar-refractivity contribution in [3.63, 3.8) is 0 Å². The molecule has 8 heteroatoms. The number of aliphatic hydroxyl groups is 2. The Morgan fingerprint density at radius 3 is 2.24 bits per heavy atom. The smallest absolute Gasteiger partial charge is 0.305 e. The first kappa shape index (κ1) is 9.64. The molecule has 0 bridgehead atoms. The van der Waals surface area contributed by atoms with Gasteiger partial charge in [-0.15, -0.1) is 0 Å². The molecule has 1 heterocycles. The van der Waals surface area contributed by atoms with Gasteiger partial charge < -0.3 is 25.2 Å². The van der Waals surface area contributed by atoms with E-state index in [1.54, 1.807) is 0 Å². The number of hydrogen-bond acceptors (Lipinski definition) is 4. The van der Waals surface area contributed by atoms with Gasteiger partial charge >= 0.3 is 5.97 Å². The zero-order valence-corrected chi connectivity index (χ0v) is 20.1. The fraction of sp³-hybridized carbons (Fsp3) is 0.273. The Morgan fingerprint density at radius 2 is 1.63 bits per heavy atom. The minimum Gasteiger partial charge on any atom is -0.481 e. The highest BCUT2D eigenvalue weighted by molar-refractivity contribution is 6.12. The molecule has 0 radical (unpaired) electrons. The van der Waals surface area contributed by atoms with E-state index in [-0.39, 0.29) is 0 Å². The van der Waals surface area contributed by atoms with Crippen LogP contribution in [0.15, 0.2) is 84.6 Å². The Hall–Kier alpha value is -4.27. The van der Waals surface area contributed by atoms with Crippen molar-refractivity contribution < 1.29 is 70.5 Å². The van der Waals surface area contributed by atoms with Gasteiger partial charge in [-0.2, -0.15) is 0 Å². The molecular formula is C33H35FN2O5. The summed E-state index contributed by atoms with van der Waals surface area (Å²) in [4.78, 5) is 27.0. The number of benzene rings is 3. The molecule has 7 nitrogen and oxygen atoms in total. The monoisotopic (exact) mass is 588 g/mol. The lowest BCUT2D eigenvalue weighted by atomic mass is 9.94. The second kappa shape index (κ2) is 13.4. The van der Waals surface area contributed by atoms with Crippen LogP contribution in [0.5, 0.6) is 0 Å². The van der Waals surface area contributed by atoms with Crippen LogP contribution in [0.2, 0.25) is 1.41 Å². The number of carbonyl (C=O) groups excluding carboxylic acids is 1. The molecule has 0 aliphatic rings. The molecule has 0 aliphatic carbocycles. The Balaban J connectivity index is 2.74. The van der Waals surface area contributed by atoms with Crippen LogP contribution in [0.1, 0.15) is 94.6 Å². The third-order valence-corrected chi connectivity index (χ3v) is 4.77. The van der Waals surface area contributed by atoms with E-state index in [0.717, 1.165) is 0 Å². The molecule has 0 spiro atoms. The number of amides is 1. The Morgan fingerprint density at radius 1 is 1.00 bits per heavy atom. The quantitative estimate of drug-likeness (QED) is 0.155. The first-order valence-electron chi connectivity index (χ1n) is 25.8. The number of aromatic nitrogens is 1. The molecule has 0 aliphatic heterocycles. The first-order valence-corrected chi connectivity index (χ1v) is 10.8. The molecule has 0 fully saturated rings. The molecule has 0 saturated carbocycles. The van der Waals surface area contributed by atoms with Gasteiger partial charge in [-0.1, -0.05) is 62.0 Å². The number of aliphatic carboxylic acids is 1. The second-order valence-corrected chi connectivity index (χ2v) is 7.46. The number of para-hydroxylation sites is 1. The van der Waals surface area contributed by atoms with E-state index in [4.69, 9.17) is 37.1 Å². The number of halogens is 1. The van der Waals surface area contributed by atoms with Gasteiger partial charge in [0.25, 0.3) is 5.91 Å². The van der Waals surface area contributed by atoms with Gasteiger partial charge in [-0.3, -0.25) is 9.59 Å². The lowest BCUT2D eigenvalue weighted by Gasteiger charge is -2.20. The van der Waals surface area contributed by atoms with Gasteiger partial charge in [0.1, 0.15) is 5.82 Å². The molecule has 4 aromatic rings. The predicted molar refractivity (Wildman–Crippen MR) is 157 cm³/mol. The van der Waals surface area contributed by atoms with E-state index < -0.39 is 209 Å². The van der Waals surface area contributed by atoms with Crippen molar-refractivity contribution in [3.05, 3.63) is 102 Å². The molecule has 4 N–H and O–H groups in total. The highest BCUT2D eigenvalue weighted by Gasteiger charge is 2.31. The molecule has 0 saturated heterocycles. The summed E-state index contributed by atoms with van der Waals surface area (Å²) >= 11 is 0. The highest BCUT2D eigenvalue weighted by atomic mass is 19.1. The Labute approximate surface area is 281 Å². The number of nitrogens with one attached hydrogen (secondary N) is 1. The zero-order chi connectivity index (χ0) is 55.7. The van der Waals surface area contributed by atoms with E-state index in [1.807, 2.05) is 0 Å². The summed E-state index contributed by atoms with van der Waals surface area (Å²) in [6.45, 7) is -14.7. The predicted octanol–water partition coefficient (Wildman–Crippen LogP) is 6.31. The summed E-state index contributed by atoms with van der Waals surface area (Å²) in [5, 5.41) is 30.8. The fourth-order valence-corrected chi connectivity index (χ4v) is 3.32. The van der Waals surface area contributed by atoms with Crippen LogP contribution in [-0.4, -0.2) is 43.9 Å². The van der Waals surface area contributed by atoms with E-state index >= 15 is 9.18 Å². The number of carbonyl (C=O) groups is 2. The molecule has 0 unspecified atom stereocenters. The van der Waals surface area contributed by atoms with Crippen molar-refractivity contribution in [1.29, 1.82) is 0 Å². The number of rotatable bonds is 12. The maximum atomic E-state index is 15.4. The van der Waals surface area contributed by atoms with E-state index in [0.29, 0.717) is 0 Å². The zero-order valence-electron chi connectivity index (χ0n) is 50.1. The summed E-state index contributed by atoms with van der Waals surface area (Å²) in [7, 11) is 0. The van der Waals surface area contributed by atoms with Crippen LogP contribution in [0.25, 0.3) is 22.4 Å². The van der Waals surface area contributed by atoms with E-state index in [9.17, 15) is 24.2 Å². The number of carboxylic acids is 1. The van der Waals surface area contributed by atoms with Gasteiger partial charge in [0.05, 0.1) is 51.8 Å². The van der Waals surface area contributed by atoms with Crippen LogP contribution >= 0.6 is 0 Å². The van der Waals surface area contributed by atoms with Crippen LogP contribution in [0.4, 0.5) is 10.1 Å². The van der Waals surface area contributed by atoms with Gasteiger partial charge in [-0.25, -0.2) is 4.39 Å². The van der Waals surface area contributed by atoms with Crippen LogP contribution in [0, 0.1) is 5.82 Å². The molecule has 2 atom stereocenters. The molecule has 1 amide bonds. The van der Waals surface area contributed by atoms with Gasteiger partial charge in [0, 0.05) is 41.3 Å². The third-order valence-electron chi connectivity index (χ3n) is 4.77. The summed E-state index contributed by atoms with van der Waals surface area (Å²) in [5.74, 6) is -11.9. The minimum atomic E-state index is -5.28. The number of anilines is 1. The van der Waals surface area contributed by atoms with Gasteiger partial charge in [0.15, 0.2) is 1.41 Å². The number of carboxylic acid groups (broad SMARTS) is 1. The molecule has 214 valence electrons. The second-order valence-electron chi connectivity index (χ2n) is 7.46. The topological polar surface area (TPSA) is 112 Å². The average molecular weight is 589 g/mol. The van der Waals surface area contributed by atoms with Gasteiger partial charge in [-0.05, 0) is 66.0 Å². The van der Waals surface area contributed by atoms with Crippen molar-refractivity contribution >= 4 is 17.6 Å². The lowest BCUT2D eigenvalue weighted by Crippen LogP contribution is -2.22. The summed E-state index contributed by atoms with van der Waals surface area (Å²) in [6.07, 6.45) is -22.0. The fourth-order valence-electron chi connectivity index (χ4n) is 3.32. The lowest BCUT2D eigenvalue weighted by molar-refractivity contribution is -0.139. The van der Waals surface area contributed by atoms with Crippen LogP contribution < -0.4 is 5.31 Å². The van der Waals surface area contributed by atoms with E-state index in [2.05, 4.69) is 0 Å². The molecule has 3 aromatic carbocycles. The Bertz CT molecular complexity index is 2810. The maximum absolute atomic E-state index is 15.4. The van der Waals surface area contributed by atoms with Crippen molar-refractivity contribution in [2.75, 3.05) is 5.31 Å². The first-order chi connectivity index (χ1) is 31.6. The number of hydrogen-bond donors (Lipinski definition) is 4. The molecule has 41 heavy (non-hydrogen) atoms. The summed E-state index contributed by atoms with van der Waals surface area (Å²) < 4.78 is 272. The molecule has 4 rings (SSSR count). The Kier molecular flexibility index (Phi) is 3.15. The van der Waals surface area contributed by atoms with Crippen molar-refractivity contribution in [3.8, 4) is 22.4 Å². The van der Waals surface area contributed by atoms with E-state index in [1.165, 1.54) is 0 Å².